The molecule has 1 aliphatic heterocycles. The van der Waals surface area contributed by atoms with E-state index in [-0.39, 0.29) is 12.2 Å². The van der Waals surface area contributed by atoms with Crippen molar-refractivity contribution in [2.24, 2.45) is 5.92 Å². The Morgan fingerprint density at radius 2 is 1.94 bits per heavy atom. The average Bonchev–Trinajstić information content (AvgIpc) is 3.24. The molecule has 1 N–H and O–H groups in total. The molecule has 32 heavy (non-hydrogen) atoms. The number of Topliss-reactive ketones (excluding diaryl/α,β-unsaturated/α-hetero) is 1. The molecule has 1 aromatic carbocycles. The van der Waals surface area contributed by atoms with E-state index in [0.29, 0.717) is 15.9 Å². The minimum Gasteiger partial charge on any atom is -0.390 e. The van der Waals surface area contributed by atoms with Crippen LogP contribution in [0.15, 0.2) is 41.9 Å². The lowest BCUT2D eigenvalue weighted by atomic mass is 9.83. The smallest absolute Gasteiger partial charge is 0.195 e. The number of carbonyl (C=O) groups excluding carboxylic acids is 1. The van der Waals surface area contributed by atoms with Gasteiger partial charge in [0.25, 0.3) is 0 Å². The zero-order valence-electron chi connectivity index (χ0n) is 18.6. The lowest BCUT2D eigenvalue weighted by molar-refractivity contribution is 0.00645. The van der Waals surface area contributed by atoms with Crippen molar-refractivity contribution >= 4 is 34.5 Å². The van der Waals surface area contributed by atoms with E-state index in [1.165, 1.54) is 11.3 Å². The Balaban J connectivity index is 1.41. The van der Waals surface area contributed by atoms with Crippen molar-refractivity contribution < 1.29 is 9.90 Å². The van der Waals surface area contributed by atoms with E-state index in [9.17, 15) is 9.90 Å². The van der Waals surface area contributed by atoms with Crippen molar-refractivity contribution in [1.29, 1.82) is 0 Å². The molecule has 0 bridgehead atoms. The van der Waals surface area contributed by atoms with Gasteiger partial charge < -0.3 is 10.0 Å². The fourth-order valence-electron chi connectivity index (χ4n) is 4.27. The van der Waals surface area contributed by atoms with Gasteiger partial charge in [0.05, 0.1) is 11.3 Å². The van der Waals surface area contributed by atoms with E-state index in [0.717, 1.165) is 54.1 Å². The molecular formula is C25H28ClN3O2S. The first-order valence-electron chi connectivity index (χ1n) is 10.9. The SMILES string of the molecule is Cc1cc(CC(=O)c2nc(-c3ccc(Cl)cc3)cs2)cnc1N1CCC(C(C)(C)O)CC1. The summed E-state index contributed by atoms with van der Waals surface area (Å²) in [4.78, 5) is 24.3. The Hall–Kier alpha value is -2.28. The maximum absolute atomic E-state index is 12.8. The van der Waals surface area contributed by atoms with E-state index in [1.54, 1.807) is 6.20 Å². The third-order valence-electron chi connectivity index (χ3n) is 6.15. The van der Waals surface area contributed by atoms with Crippen LogP contribution in [0.5, 0.6) is 0 Å². The van der Waals surface area contributed by atoms with Crippen molar-refractivity contribution in [3.8, 4) is 11.3 Å². The van der Waals surface area contributed by atoms with Gasteiger partial charge >= 0.3 is 0 Å². The molecule has 1 fully saturated rings. The number of benzene rings is 1. The number of aryl methyl sites for hydroxylation is 1. The summed E-state index contributed by atoms with van der Waals surface area (Å²) < 4.78 is 0. The zero-order chi connectivity index (χ0) is 22.9. The van der Waals surface area contributed by atoms with Crippen LogP contribution in [0.4, 0.5) is 5.82 Å². The molecule has 7 heteroatoms. The van der Waals surface area contributed by atoms with Crippen molar-refractivity contribution in [1.82, 2.24) is 9.97 Å². The summed E-state index contributed by atoms with van der Waals surface area (Å²) in [7, 11) is 0. The number of anilines is 1. The van der Waals surface area contributed by atoms with Crippen LogP contribution in [0, 0.1) is 12.8 Å². The second-order valence-electron chi connectivity index (χ2n) is 9.04. The normalized spacial score (nSPS) is 15.2. The molecule has 0 radical (unpaired) electrons. The fraction of sp³-hybridized carbons (Fsp3) is 0.400. The quantitative estimate of drug-likeness (QED) is 0.477. The first-order valence-corrected chi connectivity index (χ1v) is 12.1. The number of carbonyl (C=O) groups is 1. The molecule has 3 heterocycles. The lowest BCUT2D eigenvalue weighted by Crippen LogP contribution is -2.42. The Bertz CT molecular complexity index is 1100. The molecule has 1 aliphatic rings. The number of thiazole rings is 1. The molecule has 1 saturated heterocycles. The summed E-state index contributed by atoms with van der Waals surface area (Å²) in [5, 5.41) is 13.4. The molecule has 0 saturated carbocycles. The van der Waals surface area contributed by atoms with Gasteiger partial charge in [-0.25, -0.2) is 9.97 Å². The van der Waals surface area contributed by atoms with Gasteiger partial charge in [0.1, 0.15) is 5.82 Å². The third kappa shape index (κ3) is 5.20. The highest BCUT2D eigenvalue weighted by Crippen LogP contribution is 2.31. The molecule has 0 spiro atoms. The van der Waals surface area contributed by atoms with Crippen LogP contribution in [0.2, 0.25) is 5.02 Å². The van der Waals surface area contributed by atoms with Crippen LogP contribution in [0.3, 0.4) is 0 Å². The van der Waals surface area contributed by atoms with Crippen LogP contribution in [0.1, 0.15) is 47.6 Å². The molecule has 0 aliphatic carbocycles. The Morgan fingerprint density at radius 1 is 1.25 bits per heavy atom. The summed E-state index contributed by atoms with van der Waals surface area (Å²) in [6.07, 6.45) is 3.98. The van der Waals surface area contributed by atoms with E-state index >= 15 is 0 Å². The highest BCUT2D eigenvalue weighted by atomic mass is 35.5. The predicted octanol–water partition coefficient (Wildman–Crippen LogP) is 5.58. The zero-order valence-corrected chi connectivity index (χ0v) is 20.2. The van der Waals surface area contributed by atoms with Gasteiger partial charge in [-0.05, 0) is 62.8 Å². The van der Waals surface area contributed by atoms with Crippen LogP contribution >= 0.6 is 22.9 Å². The summed E-state index contributed by atoms with van der Waals surface area (Å²) in [5.41, 5.74) is 3.06. The second kappa shape index (κ2) is 9.30. The summed E-state index contributed by atoms with van der Waals surface area (Å²) in [6, 6.07) is 9.50. The highest BCUT2D eigenvalue weighted by molar-refractivity contribution is 7.12. The Kier molecular flexibility index (Phi) is 6.65. The number of ketones is 1. The highest BCUT2D eigenvalue weighted by Gasteiger charge is 2.31. The number of aliphatic hydroxyl groups is 1. The minimum absolute atomic E-state index is 0.00449. The molecule has 0 amide bonds. The van der Waals surface area contributed by atoms with Gasteiger partial charge in [0.15, 0.2) is 10.8 Å². The molecule has 4 rings (SSSR count). The van der Waals surface area contributed by atoms with Crippen LogP contribution in [0.25, 0.3) is 11.3 Å². The van der Waals surface area contributed by atoms with Crippen molar-refractivity contribution in [2.45, 2.75) is 45.6 Å². The minimum atomic E-state index is -0.637. The van der Waals surface area contributed by atoms with Crippen molar-refractivity contribution in [3.63, 3.8) is 0 Å². The van der Waals surface area contributed by atoms with E-state index in [2.05, 4.69) is 20.9 Å². The van der Waals surface area contributed by atoms with Gasteiger partial charge in [0.2, 0.25) is 0 Å². The van der Waals surface area contributed by atoms with Gasteiger partial charge in [-0.2, -0.15) is 0 Å². The molecule has 0 unspecified atom stereocenters. The monoisotopic (exact) mass is 469 g/mol. The van der Waals surface area contributed by atoms with Gasteiger partial charge in [-0.3, -0.25) is 4.79 Å². The number of nitrogens with zero attached hydrogens (tertiary/aromatic N) is 3. The molecule has 0 atom stereocenters. The molecule has 168 valence electrons. The number of hydrogen-bond donors (Lipinski definition) is 1. The first-order chi connectivity index (χ1) is 15.2. The predicted molar refractivity (Wildman–Crippen MR) is 131 cm³/mol. The number of aromatic nitrogens is 2. The fourth-order valence-corrected chi connectivity index (χ4v) is 5.16. The first kappa shape index (κ1) is 22.9. The van der Waals surface area contributed by atoms with Crippen LogP contribution < -0.4 is 4.90 Å². The Morgan fingerprint density at radius 3 is 2.56 bits per heavy atom. The Labute approximate surface area is 198 Å². The molecule has 3 aromatic rings. The maximum atomic E-state index is 12.8. The van der Waals surface area contributed by atoms with Crippen LogP contribution in [-0.4, -0.2) is 39.5 Å². The maximum Gasteiger partial charge on any atom is 0.195 e. The van der Waals surface area contributed by atoms with E-state index in [4.69, 9.17) is 11.6 Å². The standard InChI is InChI=1S/C25H28ClN3O2S/c1-16-12-17(14-27-23(16)29-10-8-19(9-11-29)25(2,3)31)13-22(30)24-28-21(15-32-24)18-4-6-20(26)7-5-18/h4-7,12,14-15,19,31H,8-11,13H2,1-3H3. The molecular weight excluding hydrogens is 442 g/mol. The average molecular weight is 470 g/mol. The van der Waals surface area contributed by atoms with Crippen molar-refractivity contribution in [3.05, 3.63) is 63.1 Å². The number of piperidine rings is 1. The van der Waals surface area contributed by atoms with Crippen molar-refractivity contribution in [2.75, 3.05) is 18.0 Å². The summed E-state index contributed by atoms with van der Waals surface area (Å²) in [6.45, 7) is 7.59. The van der Waals surface area contributed by atoms with Gasteiger partial charge in [0, 0.05) is 41.7 Å². The van der Waals surface area contributed by atoms with Gasteiger partial charge in [-0.1, -0.05) is 29.8 Å². The largest absolute Gasteiger partial charge is 0.390 e. The van der Waals surface area contributed by atoms with E-state index < -0.39 is 5.60 Å². The topological polar surface area (TPSA) is 66.3 Å². The summed E-state index contributed by atoms with van der Waals surface area (Å²) in [5.74, 6) is 1.27. The van der Waals surface area contributed by atoms with Crippen LogP contribution in [-0.2, 0) is 6.42 Å². The third-order valence-corrected chi connectivity index (χ3v) is 7.28. The summed E-state index contributed by atoms with van der Waals surface area (Å²) >= 11 is 7.32. The number of rotatable bonds is 6. The molecule has 5 nitrogen and oxygen atoms in total. The number of halogens is 1. The van der Waals surface area contributed by atoms with Gasteiger partial charge in [-0.15, -0.1) is 11.3 Å². The number of pyridine rings is 1. The second-order valence-corrected chi connectivity index (χ2v) is 10.3. The molecule has 2 aromatic heterocycles. The number of hydrogen-bond acceptors (Lipinski definition) is 6. The lowest BCUT2D eigenvalue weighted by Gasteiger charge is -2.38. The van der Waals surface area contributed by atoms with E-state index in [1.807, 2.05) is 50.4 Å².